The van der Waals surface area contributed by atoms with Crippen molar-refractivity contribution in [3.05, 3.63) is 12.7 Å². The molecule has 5 heteroatoms. The Morgan fingerprint density at radius 2 is 1.87 bits per heavy atom. The van der Waals surface area contributed by atoms with Gasteiger partial charge in [0.2, 0.25) is 0 Å². The zero-order valence-corrected chi connectivity index (χ0v) is 10.8. The minimum absolute atomic E-state index is 0.240. The van der Waals surface area contributed by atoms with Crippen molar-refractivity contribution in [1.82, 2.24) is 0 Å². The normalized spacial score (nSPS) is 12.5. The maximum Gasteiger partial charge on any atom is 0.363 e. The lowest BCUT2D eigenvalue weighted by atomic mass is 10.5. The van der Waals surface area contributed by atoms with Gasteiger partial charge in [-0.05, 0) is 20.3 Å². The number of carbonyl (C=O) groups is 1. The molecule has 88 valence electrons. The van der Waals surface area contributed by atoms with Crippen LogP contribution in [0, 0.1) is 0 Å². The fourth-order valence-corrected chi connectivity index (χ4v) is 2.93. The molecule has 0 heterocycles. The molecule has 0 saturated heterocycles. The van der Waals surface area contributed by atoms with Gasteiger partial charge in [-0.25, -0.2) is 4.79 Å². The van der Waals surface area contributed by atoms with Crippen molar-refractivity contribution in [3.8, 4) is 0 Å². The van der Waals surface area contributed by atoms with Crippen molar-refractivity contribution in [2.24, 2.45) is 0 Å². The summed E-state index contributed by atoms with van der Waals surface area (Å²) >= 11 is 0. The van der Waals surface area contributed by atoms with Crippen molar-refractivity contribution in [2.45, 2.75) is 32.9 Å². The van der Waals surface area contributed by atoms with E-state index < -0.39 is 15.3 Å². The number of esters is 1. The number of hydrogen-bond acceptors (Lipinski definition) is 4. The van der Waals surface area contributed by atoms with Crippen LogP contribution in [0.5, 0.6) is 0 Å². The molecule has 0 N–H and O–H groups in total. The van der Waals surface area contributed by atoms with Crippen molar-refractivity contribution in [3.63, 3.8) is 0 Å². The Balaban J connectivity index is 4.28. The molecule has 0 aliphatic rings. The molecule has 0 aromatic heterocycles. The molecule has 1 atom stereocenters. The molecule has 0 aromatic rings. The molecule has 0 radical (unpaired) electrons. The van der Waals surface area contributed by atoms with E-state index in [9.17, 15) is 4.79 Å². The summed E-state index contributed by atoms with van der Waals surface area (Å²) in [5, 5.41) is 0. The second kappa shape index (κ2) is 8.64. The summed E-state index contributed by atoms with van der Waals surface area (Å²) in [4.78, 5) is 11.1. The average molecular weight is 232 g/mol. The lowest BCUT2D eigenvalue weighted by Gasteiger charge is -2.23. The van der Waals surface area contributed by atoms with Gasteiger partial charge in [-0.15, -0.1) is 0 Å². The van der Waals surface area contributed by atoms with E-state index in [1.165, 1.54) is 0 Å². The molecule has 0 aliphatic heterocycles. The first-order valence-corrected chi connectivity index (χ1v) is 6.86. The first-order valence-electron chi connectivity index (χ1n) is 5.25. The first-order chi connectivity index (χ1) is 7.19. The third kappa shape index (κ3) is 5.71. The number of hydrogen-bond donors (Lipinski definition) is 0. The molecule has 0 rings (SSSR count). The van der Waals surface area contributed by atoms with Crippen LogP contribution in [0.4, 0.5) is 0 Å². The minimum Gasteiger partial charge on any atom is -0.458 e. The van der Waals surface area contributed by atoms with Crippen LogP contribution in [0.25, 0.3) is 0 Å². The van der Waals surface area contributed by atoms with Crippen molar-refractivity contribution >= 4 is 15.3 Å². The molecule has 0 saturated carbocycles. The molecular weight excluding hydrogens is 212 g/mol. The van der Waals surface area contributed by atoms with Crippen LogP contribution >= 0.6 is 0 Å². The Morgan fingerprint density at radius 1 is 1.33 bits per heavy atom. The quantitative estimate of drug-likeness (QED) is 0.360. The zero-order chi connectivity index (χ0) is 11.7. The summed E-state index contributed by atoms with van der Waals surface area (Å²) in [6.07, 6.45) is 1.86. The van der Waals surface area contributed by atoms with Crippen LogP contribution in [0.3, 0.4) is 0 Å². The van der Waals surface area contributed by atoms with E-state index in [0.29, 0.717) is 19.6 Å². The van der Waals surface area contributed by atoms with E-state index in [1.807, 2.05) is 20.8 Å². The Bertz CT molecular complexity index is 190. The predicted octanol–water partition coefficient (Wildman–Crippen LogP) is 1.33. The maximum atomic E-state index is 11.1. The van der Waals surface area contributed by atoms with Gasteiger partial charge in [-0.3, -0.25) is 0 Å². The topological polar surface area (TPSA) is 44.8 Å². The zero-order valence-electron chi connectivity index (χ0n) is 9.69. The van der Waals surface area contributed by atoms with Crippen molar-refractivity contribution < 1.29 is 18.4 Å². The monoisotopic (exact) mass is 232 g/mol. The minimum atomic E-state index is -1.91. The summed E-state index contributed by atoms with van der Waals surface area (Å²) in [5.74, 6) is -0.418. The van der Waals surface area contributed by atoms with Gasteiger partial charge in [-0.2, -0.15) is 0 Å². The second-order valence-electron chi connectivity index (χ2n) is 2.87. The molecule has 0 amide bonds. The highest BCUT2D eigenvalue weighted by Crippen LogP contribution is 2.07. The van der Waals surface area contributed by atoms with E-state index in [1.54, 1.807) is 0 Å². The summed E-state index contributed by atoms with van der Waals surface area (Å²) in [7, 11) is -1.91. The molecule has 15 heavy (non-hydrogen) atoms. The van der Waals surface area contributed by atoms with Crippen LogP contribution < -0.4 is 0 Å². The largest absolute Gasteiger partial charge is 0.458 e. The smallest absolute Gasteiger partial charge is 0.363 e. The number of rotatable bonds is 8. The molecular formula is C10H20O4Si. The molecule has 0 aliphatic carbocycles. The molecule has 0 aromatic carbocycles. The predicted molar refractivity (Wildman–Crippen MR) is 60.8 cm³/mol. The van der Waals surface area contributed by atoms with Gasteiger partial charge in [0.1, 0.15) is 5.73 Å². The molecule has 4 nitrogen and oxygen atoms in total. The first kappa shape index (κ1) is 14.3. The van der Waals surface area contributed by atoms with Crippen LogP contribution in [-0.2, 0) is 18.4 Å². The van der Waals surface area contributed by atoms with Gasteiger partial charge in [0.15, 0.2) is 0 Å². The van der Waals surface area contributed by atoms with Gasteiger partial charge in [0.05, 0.1) is 0 Å². The highest BCUT2D eigenvalue weighted by Gasteiger charge is 2.27. The van der Waals surface area contributed by atoms with Crippen LogP contribution in [0.1, 0.15) is 27.2 Å². The van der Waals surface area contributed by atoms with E-state index in [2.05, 4.69) is 6.58 Å². The van der Waals surface area contributed by atoms with E-state index >= 15 is 0 Å². The number of carbonyl (C=O) groups excluding carboxylic acids is 1. The SMILES string of the molecule is C=CC(=O)OC(CC)[SiH](OCC)OCC. The van der Waals surface area contributed by atoms with E-state index in [0.717, 1.165) is 6.08 Å². The number of ether oxygens (including phenoxy) is 1. The van der Waals surface area contributed by atoms with E-state index in [4.69, 9.17) is 13.6 Å². The Kier molecular flexibility index (Phi) is 8.26. The van der Waals surface area contributed by atoms with Gasteiger partial charge < -0.3 is 13.6 Å². The molecule has 0 fully saturated rings. The fraction of sp³-hybridized carbons (Fsp3) is 0.700. The average Bonchev–Trinajstić information content (AvgIpc) is 2.25. The van der Waals surface area contributed by atoms with E-state index in [-0.39, 0.29) is 5.73 Å². The van der Waals surface area contributed by atoms with Crippen molar-refractivity contribution in [2.75, 3.05) is 13.2 Å². The maximum absolute atomic E-state index is 11.1. The van der Waals surface area contributed by atoms with Crippen LogP contribution in [-0.4, -0.2) is 34.2 Å². The summed E-state index contributed by atoms with van der Waals surface area (Å²) in [5.41, 5.74) is -0.240. The van der Waals surface area contributed by atoms with Gasteiger partial charge in [0, 0.05) is 19.3 Å². The van der Waals surface area contributed by atoms with Gasteiger partial charge in [-0.1, -0.05) is 13.5 Å². The lowest BCUT2D eigenvalue weighted by molar-refractivity contribution is -0.141. The highest BCUT2D eigenvalue weighted by molar-refractivity contribution is 6.46. The summed E-state index contributed by atoms with van der Waals surface area (Å²) in [6.45, 7) is 10.3. The third-order valence-corrected chi connectivity index (χ3v) is 4.34. The lowest BCUT2D eigenvalue weighted by Crippen LogP contribution is -2.40. The van der Waals surface area contributed by atoms with Crippen LogP contribution in [0.15, 0.2) is 12.7 Å². The Morgan fingerprint density at radius 3 is 2.20 bits per heavy atom. The van der Waals surface area contributed by atoms with Gasteiger partial charge in [0.25, 0.3) is 0 Å². The van der Waals surface area contributed by atoms with Crippen LogP contribution in [0.2, 0.25) is 0 Å². The standard InChI is InChI=1S/C10H20O4Si/c1-5-9(11)14-10(6-2)15(12-7-3)13-8-4/h5,10,15H,1,6-8H2,2-4H3. The summed E-state index contributed by atoms with van der Waals surface area (Å²) in [6, 6.07) is 0. The van der Waals surface area contributed by atoms with Crippen molar-refractivity contribution in [1.29, 1.82) is 0 Å². The third-order valence-electron chi connectivity index (χ3n) is 1.80. The molecule has 1 unspecified atom stereocenters. The second-order valence-corrected chi connectivity index (χ2v) is 5.01. The highest BCUT2D eigenvalue weighted by atomic mass is 28.3. The Hall–Kier alpha value is -0.653. The molecule has 0 bridgehead atoms. The molecule has 0 spiro atoms. The fourth-order valence-electron chi connectivity index (χ4n) is 1.12. The van der Waals surface area contributed by atoms with Gasteiger partial charge >= 0.3 is 15.3 Å². The Labute approximate surface area is 93.1 Å². The summed E-state index contributed by atoms with van der Waals surface area (Å²) < 4.78 is 16.1.